The van der Waals surface area contributed by atoms with Gasteiger partial charge in [-0.2, -0.15) is 9.97 Å². The number of nitrogens with zero attached hydrogens (tertiary/aromatic N) is 6. The summed E-state index contributed by atoms with van der Waals surface area (Å²) in [5.41, 5.74) is 7.94. The van der Waals surface area contributed by atoms with Crippen molar-refractivity contribution in [3.8, 4) is 0 Å². The average molecular weight is 458 g/mol. The van der Waals surface area contributed by atoms with Crippen molar-refractivity contribution in [2.75, 3.05) is 17.6 Å². The molecular weight excluding hydrogens is 426 g/mol. The molecular formula is C21H31N9O3. The summed E-state index contributed by atoms with van der Waals surface area (Å²) in [7, 11) is 0. The summed E-state index contributed by atoms with van der Waals surface area (Å²) in [5.74, 6) is 0.159. The van der Waals surface area contributed by atoms with E-state index in [9.17, 15) is 15.0 Å². The molecule has 178 valence electrons. The van der Waals surface area contributed by atoms with E-state index in [-0.39, 0.29) is 17.6 Å². The van der Waals surface area contributed by atoms with Gasteiger partial charge in [0, 0.05) is 31.6 Å². The second-order valence-electron chi connectivity index (χ2n) is 8.68. The number of nitrogens with two attached hydrogens (primary N) is 1. The molecule has 4 atom stereocenters. The summed E-state index contributed by atoms with van der Waals surface area (Å²) in [6.45, 7) is 7.03. The van der Waals surface area contributed by atoms with Gasteiger partial charge in [0.2, 0.25) is 11.9 Å². The molecule has 1 aliphatic rings. The van der Waals surface area contributed by atoms with Crippen LogP contribution in [-0.2, 0) is 17.8 Å². The van der Waals surface area contributed by atoms with Crippen molar-refractivity contribution in [2.45, 2.75) is 64.4 Å². The van der Waals surface area contributed by atoms with Crippen LogP contribution in [0, 0.1) is 5.92 Å². The molecule has 3 aromatic rings. The normalized spacial score (nSPS) is 22.8. The zero-order chi connectivity index (χ0) is 23.7. The Labute approximate surface area is 191 Å². The molecule has 0 aliphatic heterocycles. The number of hydrogen-bond donors (Lipinski definition) is 5. The molecule has 12 heteroatoms. The van der Waals surface area contributed by atoms with Gasteiger partial charge in [-0.05, 0) is 13.3 Å². The molecule has 0 saturated heterocycles. The highest BCUT2D eigenvalue weighted by Crippen LogP contribution is 2.34. The van der Waals surface area contributed by atoms with Crippen molar-refractivity contribution in [1.82, 2.24) is 34.4 Å². The number of nitrogens with one attached hydrogen (secondary N) is 2. The van der Waals surface area contributed by atoms with Crippen LogP contribution in [0.5, 0.6) is 0 Å². The number of imidazole rings is 2. The molecule has 0 bridgehead atoms. The highest BCUT2D eigenvalue weighted by molar-refractivity contribution is 5.83. The standard InChI is InChI=1S/C21H31N9O3/c1-4-29-8-12(24-9-29)5-6-23-21-27-18(22)15-19(28-21)30(10-25-15)14-7-13(16(31)17(14)32)26-20(33)11(2)3/h8-11,13-14,16-17,31-32H,4-7H2,1-3H3,(H,26,33)(H3,22,23,27,28). The van der Waals surface area contributed by atoms with Gasteiger partial charge < -0.3 is 35.7 Å². The highest BCUT2D eigenvalue weighted by atomic mass is 16.3. The number of aliphatic hydroxyl groups is 2. The Morgan fingerprint density at radius 2 is 2.03 bits per heavy atom. The van der Waals surface area contributed by atoms with E-state index in [0.29, 0.717) is 36.5 Å². The quantitative estimate of drug-likeness (QED) is 0.314. The fourth-order valence-corrected chi connectivity index (χ4v) is 4.05. The van der Waals surface area contributed by atoms with Gasteiger partial charge in [-0.25, -0.2) is 9.97 Å². The Bertz CT molecular complexity index is 1130. The summed E-state index contributed by atoms with van der Waals surface area (Å²) in [5, 5.41) is 27.2. The van der Waals surface area contributed by atoms with Crippen molar-refractivity contribution >= 4 is 28.8 Å². The lowest BCUT2D eigenvalue weighted by atomic mass is 10.1. The van der Waals surface area contributed by atoms with E-state index in [4.69, 9.17) is 5.73 Å². The van der Waals surface area contributed by atoms with E-state index in [1.807, 2.05) is 10.8 Å². The van der Waals surface area contributed by atoms with E-state index in [2.05, 4.69) is 37.5 Å². The molecule has 12 nitrogen and oxygen atoms in total. The lowest BCUT2D eigenvalue weighted by Crippen LogP contribution is -2.44. The smallest absolute Gasteiger partial charge is 0.226 e. The third-order valence-corrected chi connectivity index (χ3v) is 6.03. The topological polar surface area (TPSA) is 169 Å². The van der Waals surface area contributed by atoms with Gasteiger partial charge in [0.25, 0.3) is 0 Å². The SMILES string of the molecule is CCn1cnc(CCNc2nc(N)c3ncn(C4CC(NC(=O)C(C)C)C(O)C4O)c3n2)c1. The lowest BCUT2D eigenvalue weighted by Gasteiger charge is -2.19. The second kappa shape index (κ2) is 9.32. The van der Waals surface area contributed by atoms with Crippen LogP contribution < -0.4 is 16.4 Å². The first kappa shape index (κ1) is 22.9. The molecule has 0 radical (unpaired) electrons. The first-order chi connectivity index (χ1) is 15.8. The zero-order valence-electron chi connectivity index (χ0n) is 19.0. The summed E-state index contributed by atoms with van der Waals surface area (Å²) in [6.07, 6.45) is 4.15. The number of nitrogen functional groups attached to an aromatic ring is 1. The maximum absolute atomic E-state index is 12.1. The lowest BCUT2D eigenvalue weighted by molar-refractivity contribution is -0.125. The Morgan fingerprint density at radius 1 is 1.24 bits per heavy atom. The number of aromatic nitrogens is 6. The number of anilines is 2. The Hall–Kier alpha value is -3.25. The first-order valence-electron chi connectivity index (χ1n) is 11.2. The number of aliphatic hydroxyl groups excluding tert-OH is 2. The van der Waals surface area contributed by atoms with Crippen LogP contribution in [0.2, 0.25) is 0 Å². The fourth-order valence-electron chi connectivity index (χ4n) is 4.05. The van der Waals surface area contributed by atoms with Gasteiger partial charge in [0.1, 0.15) is 17.7 Å². The summed E-state index contributed by atoms with van der Waals surface area (Å²) in [4.78, 5) is 29.6. The first-order valence-corrected chi connectivity index (χ1v) is 11.2. The van der Waals surface area contributed by atoms with Crippen LogP contribution in [-0.4, -0.2) is 70.0 Å². The summed E-state index contributed by atoms with van der Waals surface area (Å²) in [6, 6.07) is -1.10. The molecule has 3 heterocycles. The minimum absolute atomic E-state index is 0.177. The minimum atomic E-state index is -1.10. The number of carbonyl (C=O) groups excluding carboxylic acids is 1. The Balaban J connectivity index is 1.51. The van der Waals surface area contributed by atoms with Crippen LogP contribution in [0.15, 0.2) is 18.9 Å². The number of aryl methyl sites for hydroxylation is 1. The molecule has 3 aromatic heterocycles. The molecule has 1 saturated carbocycles. The van der Waals surface area contributed by atoms with Crippen LogP contribution in [0.1, 0.15) is 38.9 Å². The van der Waals surface area contributed by atoms with Crippen molar-refractivity contribution in [3.05, 3.63) is 24.5 Å². The van der Waals surface area contributed by atoms with E-state index in [0.717, 1.165) is 12.2 Å². The maximum Gasteiger partial charge on any atom is 0.226 e. The monoisotopic (exact) mass is 457 g/mol. The third-order valence-electron chi connectivity index (χ3n) is 6.03. The maximum atomic E-state index is 12.1. The second-order valence-corrected chi connectivity index (χ2v) is 8.68. The van der Waals surface area contributed by atoms with Crippen LogP contribution in [0.3, 0.4) is 0 Å². The van der Waals surface area contributed by atoms with Gasteiger partial charge in [0.15, 0.2) is 11.5 Å². The molecule has 33 heavy (non-hydrogen) atoms. The highest BCUT2D eigenvalue weighted by Gasteiger charge is 2.44. The van der Waals surface area contributed by atoms with E-state index in [1.165, 1.54) is 6.33 Å². The Morgan fingerprint density at radius 3 is 2.73 bits per heavy atom. The molecule has 4 unspecified atom stereocenters. The van der Waals surface area contributed by atoms with Crippen molar-refractivity contribution in [1.29, 1.82) is 0 Å². The molecule has 0 aromatic carbocycles. The van der Waals surface area contributed by atoms with Gasteiger partial charge in [-0.1, -0.05) is 13.8 Å². The average Bonchev–Trinajstić information content (AvgIpc) is 3.48. The minimum Gasteiger partial charge on any atom is -0.388 e. The molecule has 1 fully saturated rings. The van der Waals surface area contributed by atoms with Crippen LogP contribution in [0.25, 0.3) is 11.2 Å². The molecule has 6 N–H and O–H groups in total. The zero-order valence-corrected chi connectivity index (χ0v) is 19.0. The van der Waals surface area contributed by atoms with Crippen molar-refractivity contribution in [3.63, 3.8) is 0 Å². The van der Waals surface area contributed by atoms with E-state index < -0.39 is 24.3 Å². The number of amides is 1. The summed E-state index contributed by atoms with van der Waals surface area (Å²) >= 11 is 0. The van der Waals surface area contributed by atoms with Crippen LogP contribution in [0.4, 0.5) is 11.8 Å². The van der Waals surface area contributed by atoms with Gasteiger partial charge >= 0.3 is 0 Å². The van der Waals surface area contributed by atoms with E-state index in [1.54, 1.807) is 24.7 Å². The van der Waals surface area contributed by atoms with E-state index >= 15 is 0 Å². The number of carbonyl (C=O) groups is 1. The molecule has 1 aliphatic carbocycles. The van der Waals surface area contributed by atoms with Gasteiger partial charge in [0.05, 0.1) is 30.4 Å². The number of fused-ring (bicyclic) bond motifs is 1. The molecule has 4 rings (SSSR count). The third kappa shape index (κ3) is 4.62. The summed E-state index contributed by atoms with van der Waals surface area (Å²) < 4.78 is 3.70. The fraction of sp³-hybridized carbons (Fsp3) is 0.571. The number of hydrogen-bond acceptors (Lipinski definition) is 9. The van der Waals surface area contributed by atoms with Gasteiger partial charge in [-0.15, -0.1) is 0 Å². The predicted octanol–water partition coefficient (Wildman–Crippen LogP) is 0.0869. The predicted molar refractivity (Wildman–Crippen MR) is 122 cm³/mol. The van der Waals surface area contributed by atoms with Gasteiger partial charge in [-0.3, -0.25) is 4.79 Å². The van der Waals surface area contributed by atoms with Crippen LogP contribution >= 0.6 is 0 Å². The largest absolute Gasteiger partial charge is 0.388 e. The Kier molecular flexibility index (Phi) is 6.47. The van der Waals surface area contributed by atoms with Crippen molar-refractivity contribution < 1.29 is 15.0 Å². The van der Waals surface area contributed by atoms with Crippen molar-refractivity contribution in [2.24, 2.45) is 5.92 Å². The number of rotatable bonds is 8. The molecule has 1 amide bonds. The molecule has 0 spiro atoms.